The lowest BCUT2D eigenvalue weighted by Crippen LogP contribution is -2.39. The molecule has 1 aliphatic rings. The van der Waals surface area contributed by atoms with E-state index in [2.05, 4.69) is 26.1 Å². The Morgan fingerprint density at radius 2 is 2.05 bits per heavy atom. The minimum absolute atomic E-state index is 0.101. The van der Waals surface area contributed by atoms with Crippen LogP contribution in [0, 0.1) is 23.0 Å². The average molecular weight is 295 g/mol. The lowest BCUT2D eigenvalue weighted by molar-refractivity contribution is 0.0965. The summed E-state index contributed by atoms with van der Waals surface area (Å²) in [6, 6.07) is 4.44. The van der Waals surface area contributed by atoms with Crippen LogP contribution in [0.1, 0.15) is 64.5 Å². The molecule has 0 aromatic heterocycles. The quantitative estimate of drug-likeness (QED) is 0.785. The van der Waals surface area contributed by atoms with Crippen LogP contribution in [0.4, 0.5) is 8.78 Å². The van der Waals surface area contributed by atoms with Crippen LogP contribution < -0.4 is 5.32 Å². The van der Waals surface area contributed by atoms with Crippen molar-refractivity contribution in [2.45, 2.75) is 58.9 Å². The Kier molecular flexibility index (Phi) is 5.37. The third-order valence-electron chi connectivity index (χ3n) is 4.92. The molecule has 0 amide bonds. The average Bonchev–Trinajstić information content (AvgIpc) is 2.44. The fraction of sp³-hybridized carbons (Fsp3) is 0.667. The van der Waals surface area contributed by atoms with Crippen molar-refractivity contribution < 1.29 is 8.78 Å². The highest BCUT2D eigenvalue weighted by Crippen LogP contribution is 2.47. The Labute approximate surface area is 127 Å². The van der Waals surface area contributed by atoms with E-state index in [1.165, 1.54) is 18.9 Å². The molecule has 1 fully saturated rings. The van der Waals surface area contributed by atoms with E-state index in [9.17, 15) is 8.78 Å². The maximum absolute atomic E-state index is 14.3. The predicted molar refractivity (Wildman–Crippen MR) is 83.1 cm³/mol. The molecule has 2 rings (SSSR count). The lowest BCUT2D eigenvalue weighted by atomic mass is 9.64. The summed E-state index contributed by atoms with van der Waals surface area (Å²) in [6.45, 7) is 7.44. The van der Waals surface area contributed by atoms with Crippen molar-refractivity contribution in [3.63, 3.8) is 0 Å². The molecule has 0 heterocycles. The van der Waals surface area contributed by atoms with Gasteiger partial charge in [-0.25, -0.2) is 8.78 Å². The molecule has 0 radical (unpaired) electrons. The van der Waals surface area contributed by atoms with Gasteiger partial charge in [-0.05, 0) is 43.2 Å². The first-order valence-corrected chi connectivity index (χ1v) is 8.14. The molecular weight excluding hydrogens is 268 g/mol. The molecule has 1 aromatic carbocycles. The number of hydrogen-bond acceptors (Lipinski definition) is 1. The first kappa shape index (κ1) is 16.4. The van der Waals surface area contributed by atoms with Gasteiger partial charge in [0.25, 0.3) is 0 Å². The number of hydrogen-bond donors (Lipinski definition) is 1. The van der Waals surface area contributed by atoms with Gasteiger partial charge in [-0.1, -0.05) is 45.7 Å². The van der Waals surface area contributed by atoms with Gasteiger partial charge in [0.1, 0.15) is 0 Å². The predicted octanol–water partition coefficient (Wildman–Crippen LogP) is 5.22. The summed E-state index contributed by atoms with van der Waals surface area (Å²) in [5.41, 5.74) is 0.644. The zero-order valence-electron chi connectivity index (χ0n) is 13.4. The molecule has 0 spiro atoms. The van der Waals surface area contributed by atoms with E-state index in [0.717, 1.165) is 25.8 Å². The maximum atomic E-state index is 14.3. The van der Waals surface area contributed by atoms with Crippen LogP contribution in [-0.4, -0.2) is 6.54 Å². The van der Waals surface area contributed by atoms with E-state index in [-0.39, 0.29) is 11.5 Å². The van der Waals surface area contributed by atoms with E-state index in [0.29, 0.717) is 11.5 Å². The van der Waals surface area contributed by atoms with Crippen molar-refractivity contribution in [1.29, 1.82) is 0 Å². The van der Waals surface area contributed by atoms with Crippen molar-refractivity contribution in [3.05, 3.63) is 35.4 Å². The van der Waals surface area contributed by atoms with Crippen molar-refractivity contribution in [2.75, 3.05) is 6.54 Å². The van der Waals surface area contributed by atoms with Crippen LogP contribution in [0.5, 0.6) is 0 Å². The van der Waals surface area contributed by atoms with Gasteiger partial charge in [-0.2, -0.15) is 0 Å². The third kappa shape index (κ3) is 3.63. The molecule has 1 nitrogen and oxygen atoms in total. The summed E-state index contributed by atoms with van der Waals surface area (Å²) in [6.07, 6.45) is 5.62. The van der Waals surface area contributed by atoms with Gasteiger partial charge in [-0.15, -0.1) is 0 Å². The molecule has 2 unspecified atom stereocenters. The Hall–Kier alpha value is -0.960. The Morgan fingerprint density at radius 1 is 1.29 bits per heavy atom. The molecule has 1 N–H and O–H groups in total. The van der Waals surface area contributed by atoms with E-state index in [1.54, 1.807) is 12.1 Å². The molecule has 0 saturated heterocycles. The Bertz CT molecular complexity index is 470. The first-order valence-electron chi connectivity index (χ1n) is 8.14. The van der Waals surface area contributed by atoms with E-state index >= 15 is 0 Å². The van der Waals surface area contributed by atoms with E-state index < -0.39 is 11.6 Å². The van der Waals surface area contributed by atoms with Crippen molar-refractivity contribution in [1.82, 2.24) is 5.32 Å². The molecule has 3 heteroatoms. The number of benzene rings is 1. The smallest absolute Gasteiger partial charge is 0.163 e. The van der Waals surface area contributed by atoms with Crippen molar-refractivity contribution in [3.8, 4) is 0 Å². The monoisotopic (exact) mass is 295 g/mol. The lowest BCUT2D eigenvalue weighted by Gasteiger charge is -2.44. The second-order valence-electron chi connectivity index (χ2n) is 6.92. The minimum atomic E-state index is -0.746. The number of halogens is 2. The van der Waals surface area contributed by atoms with Gasteiger partial charge < -0.3 is 5.32 Å². The number of rotatable bonds is 5. The van der Waals surface area contributed by atoms with Crippen LogP contribution in [0.2, 0.25) is 0 Å². The van der Waals surface area contributed by atoms with Crippen LogP contribution in [-0.2, 0) is 0 Å². The highest BCUT2D eigenvalue weighted by Gasteiger charge is 2.39. The summed E-state index contributed by atoms with van der Waals surface area (Å²) in [5, 5.41) is 3.47. The zero-order valence-corrected chi connectivity index (χ0v) is 13.4. The van der Waals surface area contributed by atoms with Crippen molar-refractivity contribution in [2.24, 2.45) is 11.3 Å². The second-order valence-corrected chi connectivity index (χ2v) is 6.92. The molecule has 0 aliphatic heterocycles. The minimum Gasteiger partial charge on any atom is -0.310 e. The highest BCUT2D eigenvalue weighted by molar-refractivity contribution is 5.24. The van der Waals surface area contributed by atoms with Crippen LogP contribution in [0.25, 0.3) is 0 Å². The summed E-state index contributed by atoms with van der Waals surface area (Å²) in [7, 11) is 0. The molecule has 2 atom stereocenters. The second kappa shape index (κ2) is 6.87. The normalized spacial score (nSPS) is 23.0. The Morgan fingerprint density at radius 3 is 2.71 bits per heavy atom. The topological polar surface area (TPSA) is 12.0 Å². The third-order valence-corrected chi connectivity index (χ3v) is 4.92. The van der Waals surface area contributed by atoms with E-state index in [4.69, 9.17) is 0 Å². The van der Waals surface area contributed by atoms with Crippen LogP contribution in [0.3, 0.4) is 0 Å². The van der Waals surface area contributed by atoms with Gasteiger partial charge in [0.05, 0.1) is 0 Å². The molecule has 1 aromatic rings. The summed E-state index contributed by atoms with van der Waals surface area (Å²) in [4.78, 5) is 0. The molecule has 0 bridgehead atoms. The molecular formula is C18H27F2N. The van der Waals surface area contributed by atoms with Gasteiger partial charge >= 0.3 is 0 Å². The van der Waals surface area contributed by atoms with Gasteiger partial charge in [0.15, 0.2) is 11.6 Å². The van der Waals surface area contributed by atoms with Gasteiger partial charge in [0, 0.05) is 11.6 Å². The largest absolute Gasteiger partial charge is 0.310 e. The summed E-state index contributed by atoms with van der Waals surface area (Å²) < 4.78 is 27.9. The SMILES string of the molecule is CCCNC(c1cccc(F)c1F)C1CCCCC1(C)C. The van der Waals surface area contributed by atoms with Crippen molar-refractivity contribution >= 4 is 0 Å². The first-order chi connectivity index (χ1) is 9.97. The summed E-state index contributed by atoms with van der Waals surface area (Å²) >= 11 is 0. The molecule has 1 aliphatic carbocycles. The van der Waals surface area contributed by atoms with Gasteiger partial charge in [0.2, 0.25) is 0 Å². The standard InChI is InChI=1S/C18H27F2N/c1-4-12-21-17(13-8-7-10-15(19)16(13)20)14-9-5-6-11-18(14,2)3/h7-8,10,14,17,21H,4-6,9,11-12H2,1-3H3. The number of nitrogens with one attached hydrogen (secondary N) is 1. The Balaban J connectivity index is 2.35. The highest BCUT2D eigenvalue weighted by atomic mass is 19.2. The van der Waals surface area contributed by atoms with Crippen LogP contribution >= 0.6 is 0 Å². The fourth-order valence-corrected chi connectivity index (χ4v) is 3.67. The fourth-order valence-electron chi connectivity index (χ4n) is 3.67. The van der Waals surface area contributed by atoms with E-state index in [1.807, 2.05) is 0 Å². The summed E-state index contributed by atoms with van der Waals surface area (Å²) in [5.74, 6) is -1.09. The maximum Gasteiger partial charge on any atom is 0.163 e. The molecule has 21 heavy (non-hydrogen) atoms. The molecule has 118 valence electrons. The molecule has 1 saturated carbocycles. The van der Waals surface area contributed by atoms with Crippen LogP contribution in [0.15, 0.2) is 18.2 Å². The van der Waals surface area contributed by atoms with Gasteiger partial charge in [-0.3, -0.25) is 0 Å². The zero-order chi connectivity index (χ0) is 15.5.